The maximum atomic E-state index is 10.2. The normalized spacial score (nSPS) is 33.3. The van der Waals surface area contributed by atoms with Gasteiger partial charge in [0.05, 0.1) is 0 Å². The van der Waals surface area contributed by atoms with E-state index in [9.17, 15) is 8.76 Å². The fraction of sp³-hybridized carbons (Fsp3) is 0.667. The van der Waals surface area contributed by atoms with Crippen molar-refractivity contribution in [3.8, 4) is 0 Å². The molecule has 2 nitrogen and oxygen atoms in total. The number of allylic oxidation sites excluding steroid dienone is 1. The van der Waals surface area contributed by atoms with Gasteiger partial charge in [-0.05, 0) is 18.8 Å². The van der Waals surface area contributed by atoms with E-state index in [-0.39, 0.29) is 34.8 Å². The van der Waals surface area contributed by atoms with Gasteiger partial charge < -0.3 is 4.55 Å². The molecule has 10 heavy (non-hydrogen) atoms. The Morgan fingerprint density at radius 2 is 2.10 bits per heavy atom. The van der Waals surface area contributed by atoms with Gasteiger partial charge in [-0.2, -0.15) is 0 Å². The molecule has 1 unspecified atom stereocenters. The second-order valence-electron chi connectivity index (χ2n) is 2.35. The SMILES string of the molecule is C=C[C@H]1C[C@@H](S(=O)[O-])C1.[Na+]. The Morgan fingerprint density at radius 1 is 1.60 bits per heavy atom. The molecular formula is C6H9NaO2S. The van der Waals surface area contributed by atoms with Crippen molar-refractivity contribution in [3.05, 3.63) is 12.7 Å². The molecule has 1 atom stereocenters. The van der Waals surface area contributed by atoms with Crippen LogP contribution in [0.3, 0.4) is 0 Å². The van der Waals surface area contributed by atoms with Gasteiger partial charge in [0.2, 0.25) is 0 Å². The topological polar surface area (TPSA) is 40.1 Å². The van der Waals surface area contributed by atoms with Crippen molar-refractivity contribution in [1.82, 2.24) is 0 Å². The van der Waals surface area contributed by atoms with Gasteiger partial charge in [0.25, 0.3) is 0 Å². The van der Waals surface area contributed by atoms with E-state index in [0.29, 0.717) is 5.92 Å². The van der Waals surface area contributed by atoms with Crippen molar-refractivity contribution >= 4 is 11.1 Å². The summed E-state index contributed by atoms with van der Waals surface area (Å²) in [6.07, 6.45) is 3.38. The predicted molar refractivity (Wildman–Crippen MR) is 35.6 cm³/mol. The van der Waals surface area contributed by atoms with Crippen LogP contribution < -0.4 is 29.6 Å². The molecule has 0 aliphatic heterocycles. The van der Waals surface area contributed by atoms with Crippen LogP contribution in [0.2, 0.25) is 0 Å². The minimum absolute atomic E-state index is 0. The third-order valence-corrected chi connectivity index (χ3v) is 2.67. The Morgan fingerprint density at radius 3 is 2.40 bits per heavy atom. The smallest absolute Gasteiger partial charge is 0.772 e. The quantitative estimate of drug-likeness (QED) is 0.267. The van der Waals surface area contributed by atoms with Gasteiger partial charge in [-0.15, -0.1) is 6.58 Å². The minimum Gasteiger partial charge on any atom is -0.772 e. The molecule has 0 radical (unpaired) electrons. The molecule has 0 saturated heterocycles. The maximum absolute atomic E-state index is 10.2. The average Bonchev–Trinajstić information content (AvgIpc) is 1.61. The number of hydrogen-bond acceptors (Lipinski definition) is 2. The summed E-state index contributed by atoms with van der Waals surface area (Å²) in [5.74, 6) is 0.452. The molecule has 4 heteroatoms. The van der Waals surface area contributed by atoms with E-state index in [2.05, 4.69) is 6.58 Å². The van der Waals surface area contributed by atoms with Gasteiger partial charge in [0.1, 0.15) is 0 Å². The second-order valence-corrected chi connectivity index (χ2v) is 3.54. The van der Waals surface area contributed by atoms with Crippen LogP contribution in [-0.4, -0.2) is 14.0 Å². The Kier molecular flexibility index (Phi) is 5.07. The molecule has 0 aromatic carbocycles. The van der Waals surface area contributed by atoms with Crippen LogP contribution in [0.25, 0.3) is 0 Å². The summed E-state index contributed by atoms with van der Waals surface area (Å²) < 4.78 is 20.4. The van der Waals surface area contributed by atoms with Gasteiger partial charge >= 0.3 is 29.6 Å². The van der Waals surface area contributed by atoms with E-state index in [0.717, 1.165) is 12.8 Å². The van der Waals surface area contributed by atoms with Crippen LogP contribution in [0.5, 0.6) is 0 Å². The molecule has 1 fully saturated rings. The molecular weight excluding hydrogens is 159 g/mol. The number of hydrogen-bond donors (Lipinski definition) is 0. The molecule has 0 aromatic rings. The zero-order valence-electron chi connectivity index (χ0n) is 6.08. The molecule has 1 aliphatic rings. The standard InChI is InChI=1S/C6H10O2S.Na/c1-2-5-3-6(4-5)9(7)8;/h2,5-6H,1,3-4H2,(H,7,8);/q;+1/p-1/t5-,6+;. The Balaban J connectivity index is 0.000000810. The van der Waals surface area contributed by atoms with Crippen LogP contribution >= 0.6 is 0 Å². The first kappa shape index (κ1) is 10.8. The largest absolute Gasteiger partial charge is 1.00 e. The summed E-state index contributed by atoms with van der Waals surface area (Å²) in [5.41, 5.74) is 0. The van der Waals surface area contributed by atoms with Gasteiger partial charge in [0, 0.05) is 5.25 Å². The first-order valence-corrected chi connectivity index (χ1v) is 4.08. The van der Waals surface area contributed by atoms with Crippen molar-refractivity contribution in [2.45, 2.75) is 18.1 Å². The first-order valence-electron chi connectivity index (χ1n) is 2.94. The van der Waals surface area contributed by atoms with Crippen LogP contribution in [0, 0.1) is 5.92 Å². The minimum atomic E-state index is -1.84. The van der Waals surface area contributed by atoms with Crippen LogP contribution in [0.1, 0.15) is 12.8 Å². The molecule has 52 valence electrons. The molecule has 1 aliphatic carbocycles. The zero-order chi connectivity index (χ0) is 6.85. The van der Waals surface area contributed by atoms with E-state index in [4.69, 9.17) is 0 Å². The summed E-state index contributed by atoms with van der Waals surface area (Å²) >= 11 is -1.84. The van der Waals surface area contributed by atoms with Crippen molar-refractivity contribution in [3.63, 3.8) is 0 Å². The zero-order valence-corrected chi connectivity index (χ0v) is 8.89. The van der Waals surface area contributed by atoms with E-state index < -0.39 is 11.1 Å². The summed E-state index contributed by atoms with van der Waals surface area (Å²) in [6, 6.07) is 0. The number of rotatable bonds is 2. The average molecular weight is 168 g/mol. The predicted octanol–water partition coefficient (Wildman–Crippen LogP) is -2.17. The maximum Gasteiger partial charge on any atom is 1.00 e. The second kappa shape index (κ2) is 4.67. The molecule has 1 saturated carbocycles. The Hall–Kier alpha value is 0.850. The fourth-order valence-corrected chi connectivity index (χ4v) is 1.76. The third kappa shape index (κ3) is 2.47. The van der Waals surface area contributed by atoms with Crippen molar-refractivity contribution < 1.29 is 38.3 Å². The molecule has 0 amide bonds. The van der Waals surface area contributed by atoms with Gasteiger partial charge in [-0.3, -0.25) is 4.21 Å². The summed E-state index contributed by atoms with van der Waals surface area (Å²) in [5, 5.41) is -0.0898. The summed E-state index contributed by atoms with van der Waals surface area (Å²) in [6.45, 7) is 3.58. The third-order valence-electron chi connectivity index (χ3n) is 1.74. The van der Waals surface area contributed by atoms with E-state index in [1.54, 1.807) is 0 Å². The summed E-state index contributed by atoms with van der Waals surface area (Å²) in [7, 11) is 0. The molecule has 0 N–H and O–H groups in total. The van der Waals surface area contributed by atoms with Crippen molar-refractivity contribution in [2.24, 2.45) is 5.92 Å². The van der Waals surface area contributed by atoms with Gasteiger partial charge in [0.15, 0.2) is 0 Å². The molecule has 0 bridgehead atoms. The Bertz CT molecular complexity index is 143. The monoisotopic (exact) mass is 168 g/mol. The Labute approximate surface area is 85.7 Å². The molecule has 0 spiro atoms. The van der Waals surface area contributed by atoms with E-state index >= 15 is 0 Å². The van der Waals surface area contributed by atoms with Gasteiger partial charge in [-0.25, -0.2) is 0 Å². The first-order chi connectivity index (χ1) is 4.24. The molecule has 1 rings (SSSR count). The van der Waals surface area contributed by atoms with E-state index in [1.807, 2.05) is 6.08 Å². The van der Waals surface area contributed by atoms with Crippen molar-refractivity contribution in [2.75, 3.05) is 0 Å². The summed E-state index contributed by atoms with van der Waals surface area (Å²) in [4.78, 5) is 0. The van der Waals surface area contributed by atoms with Gasteiger partial charge in [-0.1, -0.05) is 17.2 Å². The van der Waals surface area contributed by atoms with Crippen molar-refractivity contribution in [1.29, 1.82) is 0 Å². The van der Waals surface area contributed by atoms with Crippen LogP contribution in [0.15, 0.2) is 12.7 Å². The van der Waals surface area contributed by atoms with Crippen LogP contribution in [0.4, 0.5) is 0 Å². The van der Waals surface area contributed by atoms with Crippen LogP contribution in [-0.2, 0) is 11.1 Å². The van der Waals surface area contributed by atoms with E-state index in [1.165, 1.54) is 0 Å². The molecule has 0 aromatic heterocycles. The fourth-order valence-electron chi connectivity index (χ4n) is 0.956. The molecule has 0 heterocycles.